The molecule has 1 amide bonds. The highest BCUT2D eigenvalue weighted by Gasteiger charge is 2.20. The maximum absolute atomic E-state index is 12.4. The molecule has 1 N–H and O–H groups in total. The van der Waals surface area contributed by atoms with Gasteiger partial charge in [0.2, 0.25) is 0 Å². The number of carbonyl (C=O) groups excluding carboxylic acids is 1. The number of hydrogen-bond acceptors (Lipinski definition) is 2. The number of hydrogen-bond donors (Lipinski definition) is 1. The molecule has 0 saturated carbocycles. The zero-order valence-corrected chi connectivity index (χ0v) is 14.4. The smallest absolute Gasteiger partial charge is 0.273 e. The Kier molecular flexibility index (Phi) is 4.83. The SMILES string of the molecule is CCC(NC(=O)c1nn(C)c(C)c1Br)c1ccc(C)cc1. The molecular weight excluding hydrogens is 330 g/mol. The lowest BCUT2D eigenvalue weighted by molar-refractivity contribution is 0.0929. The van der Waals surface area contributed by atoms with Crippen LogP contribution in [-0.2, 0) is 7.05 Å². The molecule has 0 aliphatic carbocycles. The fourth-order valence-corrected chi connectivity index (χ4v) is 2.69. The van der Waals surface area contributed by atoms with E-state index in [0.717, 1.165) is 22.2 Å². The minimum Gasteiger partial charge on any atom is -0.344 e. The minimum absolute atomic E-state index is 0.00712. The predicted octanol–water partition coefficient (Wildman–Crippen LogP) is 3.68. The Morgan fingerprint density at radius 1 is 1.33 bits per heavy atom. The van der Waals surface area contributed by atoms with Gasteiger partial charge in [-0.3, -0.25) is 9.48 Å². The third-order valence-electron chi connectivity index (χ3n) is 3.67. The second-order valence-corrected chi connectivity index (χ2v) is 6.01. The van der Waals surface area contributed by atoms with Crippen LogP contribution in [0.4, 0.5) is 0 Å². The summed E-state index contributed by atoms with van der Waals surface area (Å²) in [4.78, 5) is 12.4. The van der Waals surface area contributed by atoms with Gasteiger partial charge in [-0.2, -0.15) is 5.10 Å². The lowest BCUT2D eigenvalue weighted by Crippen LogP contribution is -2.28. The molecule has 0 aliphatic rings. The van der Waals surface area contributed by atoms with Crippen molar-refractivity contribution in [2.45, 2.75) is 33.2 Å². The third-order valence-corrected chi connectivity index (χ3v) is 4.62. The van der Waals surface area contributed by atoms with E-state index in [9.17, 15) is 4.79 Å². The first kappa shape index (κ1) is 15.8. The molecule has 0 saturated heterocycles. The normalized spacial score (nSPS) is 12.2. The summed E-state index contributed by atoms with van der Waals surface area (Å²) >= 11 is 3.44. The van der Waals surface area contributed by atoms with Crippen LogP contribution >= 0.6 is 15.9 Å². The molecule has 1 aromatic heterocycles. The summed E-state index contributed by atoms with van der Waals surface area (Å²) in [6, 6.07) is 8.23. The molecule has 1 aromatic carbocycles. The number of halogens is 1. The van der Waals surface area contributed by atoms with Crippen molar-refractivity contribution >= 4 is 21.8 Å². The van der Waals surface area contributed by atoms with E-state index in [4.69, 9.17) is 0 Å². The molecule has 21 heavy (non-hydrogen) atoms. The summed E-state index contributed by atoms with van der Waals surface area (Å²) in [6.45, 7) is 6.03. The van der Waals surface area contributed by atoms with Crippen LogP contribution in [0.3, 0.4) is 0 Å². The fraction of sp³-hybridized carbons (Fsp3) is 0.375. The lowest BCUT2D eigenvalue weighted by Gasteiger charge is -2.17. The summed E-state index contributed by atoms with van der Waals surface area (Å²) in [5, 5.41) is 7.32. The number of nitrogens with zero attached hydrogens (tertiary/aromatic N) is 2. The van der Waals surface area contributed by atoms with Crippen molar-refractivity contribution in [3.05, 3.63) is 51.3 Å². The Morgan fingerprint density at radius 2 is 1.95 bits per heavy atom. The van der Waals surface area contributed by atoms with Crippen molar-refractivity contribution < 1.29 is 4.79 Å². The number of benzene rings is 1. The van der Waals surface area contributed by atoms with E-state index in [1.807, 2.05) is 14.0 Å². The number of rotatable bonds is 4. The van der Waals surface area contributed by atoms with E-state index in [1.165, 1.54) is 5.56 Å². The van der Waals surface area contributed by atoms with Gasteiger partial charge in [0.05, 0.1) is 16.2 Å². The molecule has 5 heteroatoms. The summed E-state index contributed by atoms with van der Waals surface area (Å²) in [5.74, 6) is -0.155. The molecule has 0 bridgehead atoms. The van der Waals surface area contributed by atoms with Crippen LogP contribution in [0.25, 0.3) is 0 Å². The van der Waals surface area contributed by atoms with Crippen molar-refractivity contribution in [2.75, 3.05) is 0 Å². The van der Waals surface area contributed by atoms with Crippen molar-refractivity contribution in [1.82, 2.24) is 15.1 Å². The van der Waals surface area contributed by atoms with Gasteiger partial charge in [0, 0.05) is 7.05 Å². The van der Waals surface area contributed by atoms with Crippen LogP contribution in [0.15, 0.2) is 28.7 Å². The van der Waals surface area contributed by atoms with Gasteiger partial charge in [-0.1, -0.05) is 36.8 Å². The molecule has 4 nitrogen and oxygen atoms in total. The average molecular weight is 350 g/mol. The number of nitrogens with one attached hydrogen (secondary N) is 1. The first-order valence-electron chi connectivity index (χ1n) is 7.00. The van der Waals surface area contributed by atoms with Gasteiger partial charge in [-0.15, -0.1) is 0 Å². The van der Waals surface area contributed by atoms with Gasteiger partial charge < -0.3 is 5.32 Å². The summed E-state index contributed by atoms with van der Waals surface area (Å²) in [7, 11) is 1.83. The van der Waals surface area contributed by atoms with Crippen molar-refractivity contribution in [2.24, 2.45) is 7.05 Å². The van der Waals surface area contributed by atoms with E-state index >= 15 is 0 Å². The van der Waals surface area contributed by atoms with Crippen molar-refractivity contribution in [3.8, 4) is 0 Å². The Hall–Kier alpha value is -1.62. The van der Waals surface area contributed by atoms with E-state index in [2.05, 4.69) is 64.5 Å². The van der Waals surface area contributed by atoms with E-state index in [0.29, 0.717) is 5.69 Å². The van der Waals surface area contributed by atoms with Crippen molar-refractivity contribution in [1.29, 1.82) is 0 Å². The lowest BCUT2D eigenvalue weighted by atomic mass is 10.0. The maximum atomic E-state index is 12.4. The van der Waals surface area contributed by atoms with Crippen LogP contribution in [0, 0.1) is 13.8 Å². The molecule has 1 atom stereocenters. The molecule has 0 fully saturated rings. The van der Waals surface area contributed by atoms with Crippen molar-refractivity contribution in [3.63, 3.8) is 0 Å². The van der Waals surface area contributed by atoms with E-state index in [1.54, 1.807) is 4.68 Å². The monoisotopic (exact) mass is 349 g/mol. The third kappa shape index (κ3) is 3.35. The average Bonchev–Trinajstić information content (AvgIpc) is 2.73. The quantitative estimate of drug-likeness (QED) is 0.914. The van der Waals surface area contributed by atoms with Gasteiger partial charge in [0.1, 0.15) is 0 Å². The molecule has 112 valence electrons. The second-order valence-electron chi connectivity index (χ2n) is 5.22. The molecular formula is C16H20BrN3O. The number of amides is 1. The Balaban J connectivity index is 2.20. The number of aromatic nitrogens is 2. The van der Waals surface area contributed by atoms with Gasteiger partial charge in [0.15, 0.2) is 5.69 Å². The Bertz CT molecular complexity index is 646. The van der Waals surface area contributed by atoms with Crippen LogP contribution < -0.4 is 5.32 Å². The highest BCUT2D eigenvalue weighted by atomic mass is 79.9. The summed E-state index contributed by atoms with van der Waals surface area (Å²) in [6.07, 6.45) is 0.832. The zero-order valence-electron chi connectivity index (χ0n) is 12.8. The maximum Gasteiger partial charge on any atom is 0.273 e. The molecule has 1 heterocycles. The zero-order chi connectivity index (χ0) is 15.6. The Morgan fingerprint density at radius 3 is 2.43 bits per heavy atom. The summed E-state index contributed by atoms with van der Waals surface area (Å²) < 4.78 is 2.45. The molecule has 0 radical (unpaired) electrons. The Labute approximate surface area is 133 Å². The highest BCUT2D eigenvalue weighted by Crippen LogP contribution is 2.22. The summed E-state index contributed by atoms with van der Waals surface area (Å²) in [5.41, 5.74) is 3.69. The van der Waals surface area contributed by atoms with Crippen LogP contribution in [0.2, 0.25) is 0 Å². The van der Waals surface area contributed by atoms with E-state index in [-0.39, 0.29) is 11.9 Å². The molecule has 0 aliphatic heterocycles. The van der Waals surface area contributed by atoms with Crippen LogP contribution in [0.1, 0.15) is 46.7 Å². The molecule has 0 spiro atoms. The van der Waals surface area contributed by atoms with Gasteiger partial charge in [0.25, 0.3) is 5.91 Å². The molecule has 2 aromatic rings. The van der Waals surface area contributed by atoms with Crippen LogP contribution in [-0.4, -0.2) is 15.7 Å². The minimum atomic E-state index is -0.155. The topological polar surface area (TPSA) is 46.9 Å². The molecule has 1 unspecified atom stereocenters. The fourth-order valence-electron chi connectivity index (χ4n) is 2.17. The van der Waals surface area contributed by atoms with Gasteiger partial charge in [-0.05, 0) is 41.8 Å². The van der Waals surface area contributed by atoms with Crippen LogP contribution in [0.5, 0.6) is 0 Å². The number of carbonyl (C=O) groups is 1. The molecule has 2 rings (SSSR count). The first-order valence-corrected chi connectivity index (χ1v) is 7.79. The van der Waals surface area contributed by atoms with Gasteiger partial charge in [-0.25, -0.2) is 0 Å². The highest BCUT2D eigenvalue weighted by molar-refractivity contribution is 9.10. The first-order chi connectivity index (χ1) is 9.93. The predicted molar refractivity (Wildman–Crippen MR) is 87.3 cm³/mol. The standard InChI is InChI=1S/C16H20BrN3O/c1-5-13(12-8-6-10(2)7-9-12)18-16(21)15-14(17)11(3)20(4)19-15/h6-9,13H,5H2,1-4H3,(H,18,21). The largest absolute Gasteiger partial charge is 0.344 e. The number of aryl methyl sites for hydroxylation is 2. The van der Waals surface area contributed by atoms with Gasteiger partial charge >= 0.3 is 0 Å². The second kappa shape index (κ2) is 6.43. The van der Waals surface area contributed by atoms with E-state index < -0.39 is 0 Å².